The van der Waals surface area contributed by atoms with Crippen molar-refractivity contribution in [1.29, 1.82) is 0 Å². The predicted octanol–water partition coefficient (Wildman–Crippen LogP) is 3.56. The molecule has 2 fully saturated rings. The summed E-state index contributed by atoms with van der Waals surface area (Å²) in [6.45, 7) is 0. The zero-order valence-corrected chi connectivity index (χ0v) is 12.3. The molecule has 0 aromatic heterocycles. The second-order valence-corrected chi connectivity index (χ2v) is 6.26. The molecule has 3 nitrogen and oxygen atoms in total. The van der Waals surface area contributed by atoms with E-state index in [0.29, 0.717) is 5.92 Å². The van der Waals surface area contributed by atoms with Gasteiger partial charge in [0.15, 0.2) is 0 Å². The molecular formula is C17H24O3. The van der Waals surface area contributed by atoms with Gasteiger partial charge in [-0.25, -0.2) is 0 Å². The van der Waals surface area contributed by atoms with Crippen molar-refractivity contribution in [1.82, 2.24) is 0 Å². The van der Waals surface area contributed by atoms with Crippen LogP contribution in [0.1, 0.15) is 43.8 Å². The van der Waals surface area contributed by atoms with E-state index in [4.69, 9.17) is 9.47 Å². The van der Waals surface area contributed by atoms with Gasteiger partial charge in [0, 0.05) is 0 Å². The van der Waals surface area contributed by atoms with Gasteiger partial charge in [0.25, 0.3) is 0 Å². The van der Waals surface area contributed by atoms with Crippen molar-refractivity contribution in [2.24, 2.45) is 17.8 Å². The Labute approximate surface area is 120 Å². The maximum atomic E-state index is 10.7. The Morgan fingerprint density at radius 1 is 1.15 bits per heavy atom. The summed E-state index contributed by atoms with van der Waals surface area (Å²) in [5.41, 5.74) is 0.806. The van der Waals surface area contributed by atoms with Gasteiger partial charge in [-0.15, -0.1) is 0 Å². The third-order valence-electron chi connectivity index (χ3n) is 5.21. The molecule has 2 aliphatic rings. The second-order valence-electron chi connectivity index (χ2n) is 6.26. The second kappa shape index (κ2) is 5.65. The number of rotatable bonds is 5. The summed E-state index contributed by atoms with van der Waals surface area (Å²) < 4.78 is 10.8. The van der Waals surface area contributed by atoms with Crippen LogP contribution < -0.4 is 9.47 Å². The number of aliphatic hydroxyl groups excluding tert-OH is 1. The van der Waals surface area contributed by atoms with Crippen molar-refractivity contribution >= 4 is 0 Å². The Balaban J connectivity index is 1.78. The predicted molar refractivity (Wildman–Crippen MR) is 78.1 cm³/mol. The zero-order valence-electron chi connectivity index (χ0n) is 12.3. The van der Waals surface area contributed by atoms with Crippen LogP contribution in [0.15, 0.2) is 18.2 Å². The van der Waals surface area contributed by atoms with Crippen LogP contribution in [0.3, 0.4) is 0 Å². The van der Waals surface area contributed by atoms with Crippen LogP contribution >= 0.6 is 0 Å². The number of hydrogen-bond acceptors (Lipinski definition) is 3. The Kier molecular flexibility index (Phi) is 3.88. The first-order valence-corrected chi connectivity index (χ1v) is 7.61. The Morgan fingerprint density at radius 3 is 2.35 bits per heavy atom. The van der Waals surface area contributed by atoms with Crippen LogP contribution in [0, 0.1) is 17.8 Å². The number of aliphatic hydroxyl groups is 1. The van der Waals surface area contributed by atoms with Gasteiger partial charge in [0.05, 0.1) is 25.9 Å². The molecule has 0 spiro atoms. The van der Waals surface area contributed by atoms with Gasteiger partial charge in [0.2, 0.25) is 0 Å². The maximum absolute atomic E-state index is 10.7. The van der Waals surface area contributed by atoms with Gasteiger partial charge < -0.3 is 14.6 Å². The average Bonchev–Trinajstić information content (AvgIpc) is 3.08. The quantitative estimate of drug-likeness (QED) is 0.893. The number of hydrogen-bond donors (Lipinski definition) is 1. The van der Waals surface area contributed by atoms with E-state index in [2.05, 4.69) is 0 Å². The van der Waals surface area contributed by atoms with Crippen LogP contribution in [0.2, 0.25) is 0 Å². The average molecular weight is 276 g/mol. The molecule has 2 bridgehead atoms. The van der Waals surface area contributed by atoms with Crippen LogP contribution in [-0.4, -0.2) is 19.3 Å². The SMILES string of the molecule is COc1cccc(OC)c1C(O)CC1CC2CCC1C2. The van der Waals surface area contributed by atoms with Crippen molar-refractivity contribution < 1.29 is 14.6 Å². The molecule has 1 N–H and O–H groups in total. The first-order chi connectivity index (χ1) is 9.72. The molecule has 2 saturated carbocycles. The molecule has 2 aliphatic carbocycles. The summed E-state index contributed by atoms with van der Waals surface area (Å²) >= 11 is 0. The van der Waals surface area contributed by atoms with Crippen molar-refractivity contribution in [2.75, 3.05) is 14.2 Å². The molecular weight excluding hydrogens is 252 g/mol. The highest BCUT2D eigenvalue weighted by atomic mass is 16.5. The normalized spacial score (nSPS) is 29.4. The summed E-state index contributed by atoms with van der Waals surface area (Å²) in [4.78, 5) is 0. The number of fused-ring (bicyclic) bond motifs is 2. The monoisotopic (exact) mass is 276 g/mol. The van der Waals surface area contributed by atoms with Gasteiger partial charge in [-0.2, -0.15) is 0 Å². The Morgan fingerprint density at radius 2 is 1.85 bits per heavy atom. The van der Waals surface area contributed by atoms with Crippen molar-refractivity contribution in [2.45, 2.75) is 38.2 Å². The standard InChI is InChI=1S/C17H24O3/c1-19-15-4-3-5-16(20-2)17(15)14(18)10-13-9-11-6-7-12(13)8-11/h3-5,11-14,18H,6-10H2,1-2H3. The van der Waals surface area contributed by atoms with Gasteiger partial charge >= 0.3 is 0 Å². The van der Waals surface area contributed by atoms with Crippen molar-refractivity contribution in [3.63, 3.8) is 0 Å². The molecule has 1 aromatic carbocycles. The minimum absolute atomic E-state index is 0.495. The molecule has 4 atom stereocenters. The van der Waals surface area contributed by atoms with Crippen molar-refractivity contribution in [3.8, 4) is 11.5 Å². The van der Waals surface area contributed by atoms with E-state index < -0.39 is 6.10 Å². The van der Waals surface area contributed by atoms with Gasteiger partial charge in [-0.3, -0.25) is 0 Å². The van der Waals surface area contributed by atoms with E-state index >= 15 is 0 Å². The molecule has 0 aliphatic heterocycles. The summed E-state index contributed by atoms with van der Waals surface area (Å²) in [5.74, 6) is 3.85. The molecule has 20 heavy (non-hydrogen) atoms. The van der Waals surface area contributed by atoms with E-state index in [1.54, 1.807) is 14.2 Å². The fourth-order valence-corrected chi connectivity index (χ4v) is 4.28. The Hall–Kier alpha value is -1.22. The largest absolute Gasteiger partial charge is 0.496 e. The van der Waals surface area contributed by atoms with Gasteiger partial charge in [-0.1, -0.05) is 12.5 Å². The molecule has 3 heteroatoms. The third kappa shape index (κ3) is 2.39. The van der Waals surface area contributed by atoms with Crippen LogP contribution in [0.25, 0.3) is 0 Å². The molecule has 1 aromatic rings. The lowest BCUT2D eigenvalue weighted by molar-refractivity contribution is 0.120. The third-order valence-corrected chi connectivity index (χ3v) is 5.21. The topological polar surface area (TPSA) is 38.7 Å². The van der Waals surface area contributed by atoms with Crippen LogP contribution in [0.4, 0.5) is 0 Å². The lowest BCUT2D eigenvalue weighted by Crippen LogP contribution is -2.15. The van der Waals surface area contributed by atoms with E-state index in [1.807, 2.05) is 18.2 Å². The van der Waals surface area contributed by atoms with Crippen molar-refractivity contribution in [3.05, 3.63) is 23.8 Å². The van der Waals surface area contributed by atoms with Crippen LogP contribution in [-0.2, 0) is 0 Å². The van der Waals surface area contributed by atoms with E-state index in [1.165, 1.54) is 25.7 Å². The fraction of sp³-hybridized carbons (Fsp3) is 0.647. The van der Waals surface area contributed by atoms with Crippen LogP contribution in [0.5, 0.6) is 11.5 Å². The summed E-state index contributed by atoms with van der Waals surface area (Å²) in [5, 5.41) is 10.7. The lowest BCUT2D eigenvalue weighted by atomic mass is 9.83. The summed E-state index contributed by atoms with van der Waals surface area (Å²) in [7, 11) is 3.28. The molecule has 4 unspecified atom stereocenters. The highest BCUT2D eigenvalue weighted by molar-refractivity contribution is 5.46. The zero-order chi connectivity index (χ0) is 14.1. The molecule has 110 valence electrons. The molecule has 3 rings (SSSR count). The first-order valence-electron chi connectivity index (χ1n) is 7.61. The van der Waals surface area contributed by atoms with E-state index in [-0.39, 0.29) is 0 Å². The highest BCUT2D eigenvalue weighted by Crippen LogP contribution is 2.51. The van der Waals surface area contributed by atoms with Gasteiger partial charge in [-0.05, 0) is 55.6 Å². The van der Waals surface area contributed by atoms with E-state index in [0.717, 1.165) is 35.3 Å². The summed E-state index contributed by atoms with van der Waals surface area (Å²) in [6, 6.07) is 5.68. The lowest BCUT2D eigenvalue weighted by Gasteiger charge is -2.25. The molecule has 0 amide bonds. The molecule has 0 radical (unpaired) electrons. The number of methoxy groups -OCH3 is 2. The Bertz CT molecular complexity index is 449. The summed E-state index contributed by atoms with van der Waals surface area (Å²) in [6.07, 6.45) is 5.75. The molecule has 0 heterocycles. The smallest absolute Gasteiger partial charge is 0.128 e. The number of ether oxygens (including phenoxy) is 2. The molecule has 0 saturated heterocycles. The maximum Gasteiger partial charge on any atom is 0.128 e. The minimum Gasteiger partial charge on any atom is -0.496 e. The highest BCUT2D eigenvalue weighted by Gasteiger charge is 2.40. The van der Waals surface area contributed by atoms with E-state index in [9.17, 15) is 5.11 Å². The van der Waals surface area contributed by atoms with Gasteiger partial charge in [0.1, 0.15) is 11.5 Å². The first kappa shape index (κ1) is 13.7. The number of benzene rings is 1. The fourth-order valence-electron chi connectivity index (χ4n) is 4.28. The minimum atomic E-state index is -0.495.